The molecule has 0 spiro atoms. The Morgan fingerprint density at radius 2 is 1.86 bits per heavy atom. The van der Waals surface area contributed by atoms with Gasteiger partial charge >= 0.3 is 0 Å². The first-order valence-corrected chi connectivity index (χ1v) is 17.7. The van der Waals surface area contributed by atoms with E-state index in [1.807, 2.05) is 67.6 Å². The van der Waals surface area contributed by atoms with Gasteiger partial charge in [0.15, 0.2) is 5.82 Å². The van der Waals surface area contributed by atoms with Crippen molar-refractivity contribution in [3.63, 3.8) is 0 Å². The maximum atomic E-state index is 13.8. The number of pyridine rings is 1. The van der Waals surface area contributed by atoms with Crippen molar-refractivity contribution in [1.82, 2.24) is 39.7 Å². The molecule has 1 saturated heterocycles. The summed E-state index contributed by atoms with van der Waals surface area (Å²) in [7, 11) is 1.86. The summed E-state index contributed by atoms with van der Waals surface area (Å²) in [6.07, 6.45) is 9.01. The van der Waals surface area contributed by atoms with Crippen LogP contribution in [0.15, 0.2) is 73.2 Å². The van der Waals surface area contributed by atoms with E-state index in [0.717, 1.165) is 39.7 Å². The van der Waals surface area contributed by atoms with Crippen molar-refractivity contribution in [3.8, 4) is 28.5 Å². The van der Waals surface area contributed by atoms with Gasteiger partial charge in [-0.25, -0.2) is 9.97 Å². The maximum absolute atomic E-state index is 13.8. The lowest BCUT2D eigenvalue weighted by Gasteiger charge is -2.29. The van der Waals surface area contributed by atoms with Gasteiger partial charge in [-0.2, -0.15) is 10.2 Å². The fraction of sp³-hybridized carbons (Fsp3) is 0.333. The number of aromatic nitrogens is 6. The predicted octanol–water partition coefficient (Wildman–Crippen LogP) is 4.88. The van der Waals surface area contributed by atoms with Gasteiger partial charge in [-0.05, 0) is 61.4 Å². The minimum Gasteiger partial charge on any atom is -0.478 e. The molecule has 7 rings (SSSR count). The standard InChI is InChI=1S/C36H39N9O3S/c1-4-48-31-12-9-27(20-37-31)33-29-19-28(10-11-30(29)40-41-33)39-35(47)36(49-3)15-18-44(22-36)21-32(46)45-16-13-25(14-17-45)24-5-7-26(8-6-24)34-38-23-43(2)42-34/h5-13,19-20,23H,4,14-18,21-22H2,1-3H3,(H,39,47)(H,40,41). The Kier molecular flexibility index (Phi) is 9.19. The Morgan fingerprint density at radius 1 is 1.04 bits per heavy atom. The molecule has 2 aliphatic heterocycles. The van der Waals surface area contributed by atoms with E-state index in [0.29, 0.717) is 63.1 Å². The minimum atomic E-state index is -0.653. The van der Waals surface area contributed by atoms with Crippen LogP contribution in [0.5, 0.6) is 5.88 Å². The average Bonchev–Trinajstić information content (AvgIpc) is 3.88. The highest BCUT2D eigenvalue weighted by Crippen LogP contribution is 2.36. The van der Waals surface area contributed by atoms with E-state index in [4.69, 9.17) is 4.74 Å². The van der Waals surface area contributed by atoms with E-state index in [9.17, 15) is 9.59 Å². The average molecular weight is 678 g/mol. The molecule has 1 unspecified atom stereocenters. The summed E-state index contributed by atoms with van der Waals surface area (Å²) < 4.78 is 6.51. The number of benzene rings is 2. The van der Waals surface area contributed by atoms with Crippen LogP contribution in [0.3, 0.4) is 0 Å². The van der Waals surface area contributed by atoms with Crippen LogP contribution in [0.25, 0.3) is 39.1 Å². The minimum absolute atomic E-state index is 0.0579. The Morgan fingerprint density at radius 3 is 2.55 bits per heavy atom. The number of aromatic amines is 1. The van der Waals surface area contributed by atoms with Crippen LogP contribution in [0.1, 0.15) is 25.3 Å². The number of nitrogens with zero attached hydrogens (tertiary/aromatic N) is 7. The molecule has 0 radical (unpaired) electrons. The lowest BCUT2D eigenvalue weighted by atomic mass is 9.98. The first-order chi connectivity index (χ1) is 23.8. The summed E-state index contributed by atoms with van der Waals surface area (Å²) >= 11 is 1.55. The fourth-order valence-corrected chi connectivity index (χ4v) is 7.35. The van der Waals surface area contributed by atoms with Crippen LogP contribution in [-0.4, -0.2) is 102 Å². The second-order valence-corrected chi connectivity index (χ2v) is 13.6. The number of rotatable bonds is 10. The summed E-state index contributed by atoms with van der Waals surface area (Å²) in [6.45, 7) is 5.20. The summed E-state index contributed by atoms with van der Waals surface area (Å²) in [6, 6.07) is 17.8. The zero-order valence-electron chi connectivity index (χ0n) is 27.8. The van der Waals surface area contributed by atoms with Gasteiger partial charge in [-0.1, -0.05) is 30.3 Å². The molecule has 0 saturated carbocycles. The molecule has 12 nitrogen and oxygen atoms in total. The number of hydrogen-bond donors (Lipinski definition) is 2. The van der Waals surface area contributed by atoms with Crippen molar-refractivity contribution in [2.24, 2.45) is 7.05 Å². The van der Waals surface area contributed by atoms with E-state index < -0.39 is 4.75 Å². The molecule has 5 heterocycles. The van der Waals surface area contributed by atoms with Gasteiger partial charge in [-0.15, -0.1) is 11.8 Å². The number of hydrogen-bond acceptors (Lipinski definition) is 9. The normalized spacial score (nSPS) is 18.1. The number of nitrogens with one attached hydrogen (secondary N) is 2. The van der Waals surface area contributed by atoms with E-state index in [2.05, 4.69) is 53.7 Å². The third kappa shape index (κ3) is 6.81. The highest BCUT2D eigenvalue weighted by Gasteiger charge is 2.44. The molecule has 2 amide bonds. The van der Waals surface area contributed by atoms with Crippen molar-refractivity contribution < 1.29 is 14.3 Å². The SMILES string of the molecule is CCOc1ccc(-c2n[nH]c3ccc(NC(=O)C4(SC)CCN(CC(=O)N5CC=C(c6ccc(-c7ncn(C)n7)cc6)CC5)C4)cc23)cn1. The van der Waals surface area contributed by atoms with Gasteiger partial charge < -0.3 is 15.0 Å². The van der Waals surface area contributed by atoms with Crippen molar-refractivity contribution in [3.05, 3.63) is 78.8 Å². The van der Waals surface area contributed by atoms with Crippen LogP contribution in [0, 0.1) is 0 Å². The topological polar surface area (TPSA) is 134 Å². The van der Waals surface area contributed by atoms with Gasteiger partial charge in [0.05, 0.1) is 18.7 Å². The lowest BCUT2D eigenvalue weighted by Crippen LogP contribution is -2.45. The van der Waals surface area contributed by atoms with Gasteiger partial charge in [0.25, 0.3) is 0 Å². The zero-order chi connectivity index (χ0) is 34.0. The Labute approximate surface area is 288 Å². The van der Waals surface area contributed by atoms with Crippen molar-refractivity contribution >= 4 is 45.7 Å². The number of likely N-dealkylation sites (tertiary alicyclic amines) is 1. The number of H-pyrrole nitrogens is 1. The number of anilines is 1. The van der Waals surface area contributed by atoms with Gasteiger partial charge in [0.1, 0.15) is 16.8 Å². The molecule has 49 heavy (non-hydrogen) atoms. The summed E-state index contributed by atoms with van der Waals surface area (Å²) in [5.41, 5.74) is 6.53. The molecule has 2 N–H and O–H groups in total. The molecule has 3 aromatic heterocycles. The number of carbonyl (C=O) groups is 2. The fourth-order valence-electron chi connectivity index (χ4n) is 6.50. The molecule has 2 aromatic carbocycles. The first-order valence-electron chi connectivity index (χ1n) is 16.4. The van der Waals surface area contributed by atoms with E-state index in [1.165, 1.54) is 5.57 Å². The van der Waals surface area contributed by atoms with E-state index in [1.54, 1.807) is 29.0 Å². The molecule has 2 aliphatic rings. The third-order valence-corrected chi connectivity index (χ3v) is 10.6. The van der Waals surface area contributed by atoms with Crippen LogP contribution in [0.4, 0.5) is 5.69 Å². The highest BCUT2D eigenvalue weighted by atomic mass is 32.2. The van der Waals surface area contributed by atoms with Crippen LogP contribution >= 0.6 is 11.8 Å². The number of ether oxygens (including phenoxy) is 1. The van der Waals surface area contributed by atoms with Gasteiger partial charge in [-0.3, -0.25) is 24.3 Å². The lowest BCUT2D eigenvalue weighted by molar-refractivity contribution is -0.132. The van der Waals surface area contributed by atoms with Crippen molar-refractivity contribution in [2.45, 2.75) is 24.5 Å². The summed E-state index contributed by atoms with van der Waals surface area (Å²) in [4.78, 5) is 39.9. The predicted molar refractivity (Wildman–Crippen MR) is 192 cm³/mol. The van der Waals surface area contributed by atoms with Gasteiger partial charge in [0.2, 0.25) is 17.7 Å². The van der Waals surface area contributed by atoms with Crippen LogP contribution in [-0.2, 0) is 16.6 Å². The maximum Gasteiger partial charge on any atom is 0.241 e. The quantitative estimate of drug-likeness (QED) is 0.212. The Hall–Kier alpha value is -5.01. The molecule has 0 aliphatic carbocycles. The first kappa shape index (κ1) is 32.5. The van der Waals surface area contributed by atoms with Crippen molar-refractivity contribution in [1.29, 1.82) is 0 Å². The van der Waals surface area contributed by atoms with Crippen molar-refractivity contribution in [2.75, 3.05) is 50.9 Å². The number of carbonyl (C=O) groups excluding carboxylic acids is 2. The second-order valence-electron chi connectivity index (χ2n) is 12.4. The molecular formula is C36H39N9O3S. The smallest absolute Gasteiger partial charge is 0.241 e. The molecule has 252 valence electrons. The number of fused-ring (bicyclic) bond motifs is 1. The van der Waals surface area contributed by atoms with Crippen LogP contribution < -0.4 is 10.1 Å². The van der Waals surface area contributed by atoms with Crippen LogP contribution in [0.2, 0.25) is 0 Å². The Bertz CT molecular complexity index is 2000. The third-order valence-electron chi connectivity index (χ3n) is 9.27. The molecule has 13 heteroatoms. The number of amides is 2. The Balaban J connectivity index is 0.956. The summed E-state index contributed by atoms with van der Waals surface area (Å²) in [5.74, 6) is 1.30. The second kappa shape index (κ2) is 13.8. The number of aryl methyl sites for hydroxylation is 1. The highest BCUT2D eigenvalue weighted by molar-refractivity contribution is 8.00. The molecule has 1 fully saturated rings. The monoisotopic (exact) mass is 677 g/mol. The number of thioether (sulfide) groups is 1. The molecule has 5 aromatic rings. The largest absolute Gasteiger partial charge is 0.478 e. The van der Waals surface area contributed by atoms with Gasteiger partial charge in [0, 0.05) is 67.7 Å². The molecule has 1 atom stereocenters. The van der Waals surface area contributed by atoms with E-state index >= 15 is 0 Å². The van der Waals surface area contributed by atoms with E-state index in [-0.39, 0.29) is 11.8 Å². The molecular weight excluding hydrogens is 639 g/mol. The zero-order valence-corrected chi connectivity index (χ0v) is 28.7. The molecule has 0 bridgehead atoms. The summed E-state index contributed by atoms with van der Waals surface area (Å²) in [5, 5.41) is 16.0.